The number of halogens is 1. The van der Waals surface area contributed by atoms with Crippen LogP contribution in [0.3, 0.4) is 0 Å². The molecule has 0 spiro atoms. The van der Waals surface area contributed by atoms with Crippen LogP contribution in [0.4, 0.5) is 0 Å². The monoisotopic (exact) mass is 258 g/mol. The van der Waals surface area contributed by atoms with Crippen molar-refractivity contribution in [2.75, 3.05) is 0 Å². The first kappa shape index (κ1) is 12.8. The summed E-state index contributed by atoms with van der Waals surface area (Å²) in [6.07, 6.45) is 4.75. The fraction of sp³-hybridized carbons (Fsp3) is 0.188. The Balaban J connectivity index is 2.68. The number of benzene rings is 2. The summed E-state index contributed by atoms with van der Waals surface area (Å²) in [7, 11) is 0. The van der Waals surface area contributed by atoms with E-state index >= 15 is 0 Å². The molecule has 0 heterocycles. The number of carbonyl (C=O) groups excluding carboxylic acids is 1. The van der Waals surface area contributed by atoms with Gasteiger partial charge >= 0.3 is 0 Å². The molecule has 0 N–H and O–H groups in total. The van der Waals surface area contributed by atoms with Crippen LogP contribution in [0.2, 0.25) is 5.02 Å². The maximum atomic E-state index is 11.3. The van der Waals surface area contributed by atoms with Crippen molar-refractivity contribution in [1.82, 2.24) is 0 Å². The largest absolute Gasteiger partial charge is 0.298 e. The quantitative estimate of drug-likeness (QED) is 0.564. The topological polar surface area (TPSA) is 17.1 Å². The number of aldehydes is 1. The molecule has 0 saturated heterocycles. The second-order valence-corrected chi connectivity index (χ2v) is 4.62. The van der Waals surface area contributed by atoms with Gasteiger partial charge in [0, 0.05) is 16.2 Å². The Morgan fingerprint density at radius 3 is 2.72 bits per heavy atom. The first-order valence-electron chi connectivity index (χ1n) is 6.11. The lowest BCUT2D eigenvalue weighted by molar-refractivity contribution is -0.103. The van der Waals surface area contributed by atoms with Gasteiger partial charge in [0.15, 0.2) is 0 Å². The molecule has 0 saturated carbocycles. The van der Waals surface area contributed by atoms with Crippen molar-refractivity contribution < 1.29 is 4.79 Å². The van der Waals surface area contributed by atoms with E-state index in [0.29, 0.717) is 10.6 Å². The zero-order valence-electron chi connectivity index (χ0n) is 10.3. The molecule has 0 fully saturated rings. The molecule has 0 amide bonds. The predicted octanol–water partition coefficient (Wildman–Crippen LogP) is 4.88. The van der Waals surface area contributed by atoms with Crippen molar-refractivity contribution in [3.8, 4) is 0 Å². The van der Waals surface area contributed by atoms with Crippen LogP contribution in [-0.2, 0) is 4.79 Å². The summed E-state index contributed by atoms with van der Waals surface area (Å²) >= 11 is 6.26. The summed E-state index contributed by atoms with van der Waals surface area (Å²) in [4.78, 5) is 11.3. The zero-order chi connectivity index (χ0) is 13.0. The van der Waals surface area contributed by atoms with Gasteiger partial charge in [0.25, 0.3) is 0 Å². The third kappa shape index (κ3) is 2.46. The van der Waals surface area contributed by atoms with Crippen molar-refractivity contribution in [2.45, 2.75) is 19.8 Å². The average Bonchev–Trinajstić information content (AvgIpc) is 2.41. The minimum atomic E-state index is 0.628. The molecule has 0 aliphatic carbocycles. The van der Waals surface area contributed by atoms with E-state index in [4.69, 9.17) is 11.6 Å². The van der Waals surface area contributed by atoms with Crippen LogP contribution in [0, 0.1) is 0 Å². The Kier molecular flexibility index (Phi) is 4.16. The molecule has 0 radical (unpaired) electrons. The van der Waals surface area contributed by atoms with Crippen LogP contribution < -0.4 is 0 Å². The van der Waals surface area contributed by atoms with Gasteiger partial charge in [-0.15, -0.1) is 0 Å². The van der Waals surface area contributed by atoms with Gasteiger partial charge < -0.3 is 0 Å². The predicted molar refractivity (Wildman–Crippen MR) is 77.9 cm³/mol. The summed E-state index contributed by atoms with van der Waals surface area (Å²) < 4.78 is 0. The maximum absolute atomic E-state index is 11.3. The highest BCUT2D eigenvalue weighted by atomic mass is 35.5. The van der Waals surface area contributed by atoms with Crippen LogP contribution in [0.15, 0.2) is 42.5 Å². The van der Waals surface area contributed by atoms with Gasteiger partial charge in [0.05, 0.1) is 0 Å². The summed E-state index contributed by atoms with van der Waals surface area (Å²) in [5.41, 5.74) is 1.52. The highest BCUT2D eigenvalue weighted by Crippen LogP contribution is 2.31. The van der Waals surface area contributed by atoms with E-state index in [1.165, 1.54) is 0 Å². The van der Waals surface area contributed by atoms with Gasteiger partial charge in [0.1, 0.15) is 6.29 Å². The summed E-state index contributed by atoms with van der Waals surface area (Å²) in [6.45, 7) is 2.09. The van der Waals surface area contributed by atoms with E-state index in [1.54, 1.807) is 0 Å². The van der Waals surface area contributed by atoms with Crippen LogP contribution in [-0.4, -0.2) is 6.29 Å². The highest BCUT2D eigenvalue weighted by Gasteiger charge is 2.10. The molecule has 18 heavy (non-hydrogen) atoms. The van der Waals surface area contributed by atoms with E-state index in [9.17, 15) is 4.79 Å². The highest BCUT2D eigenvalue weighted by molar-refractivity contribution is 6.35. The SMILES string of the molecule is CCC/C=C(/C=O)c1c(Cl)ccc2ccccc12. The van der Waals surface area contributed by atoms with Gasteiger partial charge in [-0.25, -0.2) is 0 Å². The van der Waals surface area contributed by atoms with Gasteiger partial charge in [0.2, 0.25) is 0 Å². The van der Waals surface area contributed by atoms with E-state index < -0.39 is 0 Å². The minimum Gasteiger partial charge on any atom is -0.298 e. The number of fused-ring (bicyclic) bond motifs is 1. The summed E-state index contributed by atoms with van der Waals surface area (Å²) in [5, 5.41) is 2.75. The molecule has 0 unspecified atom stereocenters. The summed E-state index contributed by atoms with van der Waals surface area (Å²) in [6, 6.07) is 11.8. The Labute approximate surface area is 112 Å². The Bertz CT molecular complexity index is 599. The third-order valence-corrected chi connectivity index (χ3v) is 3.26. The fourth-order valence-corrected chi connectivity index (χ4v) is 2.32. The number of rotatable bonds is 4. The van der Waals surface area contributed by atoms with Crippen molar-refractivity contribution in [1.29, 1.82) is 0 Å². The number of allylic oxidation sites excluding steroid dienone is 2. The molecular formula is C16H15ClO. The Morgan fingerprint density at radius 1 is 1.22 bits per heavy atom. The molecule has 1 nitrogen and oxygen atoms in total. The lowest BCUT2D eigenvalue weighted by atomic mass is 9.98. The smallest absolute Gasteiger partial charge is 0.150 e. The third-order valence-electron chi connectivity index (χ3n) is 2.95. The van der Waals surface area contributed by atoms with Gasteiger partial charge in [-0.2, -0.15) is 0 Å². The zero-order valence-corrected chi connectivity index (χ0v) is 11.1. The van der Waals surface area contributed by atoms with Gasteiger partial charge in [-0.05, 0) is 23.3 Å². The maximum Gasteiger partial charge on any atom is 0.150 e. The molecule has 2 rings (SSSR count). The lowest BCUT2D eigenvalue weighted by Gasteiger charge is -2.08. The Hall–Kier alpha value is -1.60. The van der Waals surface area contributed by atoms with Crippen LogP contribution in [0.5, 0.6) is 0 Å². The average molecular weight is 259 g/mol. The molecule has 0 atom stereocenters. The van der Waals surface area contributed by atoms with Crippen LogP contribution in [0.1, 0.15) is 25.3 Å². The Morgan fingerprint density at radius 2 is 2.00 bits per heavy atom. The number of hydrogen-bond acceptors (Lipinski definition) is 1. The fourth-order valence-electron chi connectivity index (χ4n) is 2.05. The van der Waals surface area contributed by atoms with Crippen molar-refractivity contribution in [2.24, 2.45) is 0 Å². The second kappa shape index (κ2) is 5.83. The molecule has 2 aromatic carbocycles. The van der Waals surface area contributed by atoms with Crippen molar-refractivity contribution in [3.63, 3.8) is 0 Å². The van der Waals surface area contributed by atoms with E-state index in [2.05, 4.69) is 6.92 Å². The van der Waals surface area contributed by atoms with Gasteiger partial charge in [-0.1, -0.05) is 61.4 Å². The first-order chi connectivity index (χ1) is 8.77. The van der Waals surface area contributed by atoms with Gasteiger partial charge in [-0.3, -0.25) is 4.79 Å². The molecule has 0 aromatic heterocycles. The molecule has 2 aromatic rings. The molecular weight excluding hydrogens is 244 g/mol. The summed E-state index contributed by atoms with van der Waals surface area (Å²) in [5.74, 6) is 0. The van der Waals surface area contributed by atoms with Crippen LogP contribution >= 0.6 is 11.6 Å². The van der Waals surface area contributed by atoms with E-state index in [0.717, 1.165) is 35.5 Å². The molecule has 2 heteroatoms. The van der Waals surface area contributed by atoms with Crippen LogP contribution in [0.25, 0.3) is 16.3 Å². The second-order valence-electron chi connectivity index (χ2n) is 4.21. The standard InChI is InChI=1S/C16H15ClO/c1-2-3-6-13(11-18)16-14-8-5-4-7-12(14)9-10-15(16)17/h4-11H,2-3H2,1H3/b13-6-. The minimum absolute atomic E-state index is 0.628. The molecule has 0 aliphatic rings. The van der Waals surface area contributed by atoms with E-state index in [-0.39, 0.29) is 0 Å². The number of carbonyl (C=O) groups is 1. The molecule has 0 bridgehead atoms. The number of unbranched alkanes of at least 4 members (excludes halogenated alkanes) is 1. The normalized spacial score (nSPS) is 11.8. The molecule has 0 aliphatic heterocycles. The van der Waals surface area contributed by atoms with E-state index in [1.807, 2.05) is 42.5 Å². The number of hydrogen-bond donors (Lipinski definition) is 0. The van der Waals surface area contributed by atoms with Crippen molar-refractivity contribution in [3.05, 3.63) is 53.1 Å². The molecule has 92 valence electrons. The lowest BCUT2D eigenvalue weighted by Crippen LogP contribution is -1.90. The van der Waals surface area contributed by atoms with Crippen molar-refractivity contribution >= 4 is 34.2 Å². The first-order valence-corrected chi connectivity index (χ1v) is 6.48.